The van der Waals surface area contributed by atoms with Gasteiger partial charge in [-0.15, -0.1) is 0 Å². The van der Waals surface area contributed by atoms with Crippen LogP contribution in [-0.4, -0.2) is 27.4 Å². The van der Waals surface area contributed by atoms with Crippen molar-refractivity contribution in [1.29, 1.82) is 0 Å². The number of primary sulfonamides is 1. The van der Waals surface area contributed by atoms with Gasteiger partial charge in [-0.3, -0.25) is 0 Å². The molecular formula is C11H25NO3S. The number of hydrogen-bond acceptors (Lipinski definition) is 3. The van der Waals surface area contributed by atoms with Crippen molar-refractivity contribution < 1.29 is 13.2 Å². The van der Waals surface area contributed by atoms with E-state index in [0.717, 1.165) is 12.8 Å². The molecule has 0 radical (unpaired) electrons. The fourth-order valence-corrected chi connectivity index (χ4v) is 2.70. The maximum Gasteiger partial charge on any atom is 0.209 e. The Morgan fingerprint density at radius 2 is 1.88 bits per heavy atom. The van der Waals surface area contributed by atoms with Gasteiger partial charge in [-0.25, -0.2) is 13.6 Å². The third kappa shape index (κ3) is 10.4. The standard InChI is InChI=1S/C11H25NO3S/c1-10(2)6-5-7-15-8-11(3,4)9-16(12,13)14/h10H,5-9H2,1-4H3,(H2,12,13,14). The Kier molecular flexibility index (Phi) is 6.51. The topological polar surface area (TPSA) is 69.4 Å². The zero-order valence-corrected chi connectivity index (χ0v) is 11.6. The highest BCUT2D eigenvalue weighted by molar-refractivity contribution is 7.89. The Labute approximate surface area is 99.6 Å². The van der Waals surface area contributed by atoms with Crippen LogP contribution in [0, 0.1) is 11.3 Å². The summed E-state index contributed by atoms with van der Waals surface area (Å²) in [4.78, 5) is 0. The van der Waals surface area contributed by atoms with Gasteiger partial charge < -0.3 is 4.74 Å². The molecule has 5 heteroatoms. The van der Waals surface area contributed by atoms with E-state index in [1.165, 1.54) is 0 Å². The molecule has 0 unspecified atom stereocenters. The molecule has 0 atom stereocenters. The Hall–Kier alpha value is -0.130. The minimum absolute atomic E-state index is 0.0375. The lowest BCUT2D eigenvalue weighted by molar-refractivity contribution is 0.0688. The van der Waals surface area contributed by atoms with E-state index >= 15 is 0 Å². The van der Waals surface area contributed by atoms with Crippen LogP contribution in [0.25, 0.3) is 0 Å². The summed E-state index contributed by atoms with van der Waals surface area (Å²) < 4.78 is 27.4. The molecule has 4 nitrogen and oxygen atoms in total. The molecule has 0 aromatic rings. The van der Waals surface area contributed by atoms with Crippen molar-refractivity contribution in [2.75, 3.05) is 19.0 Å². The molecule has 0 heterocycles. The van der Waals surface area contributed by atoms with Gasteiger partial charge in [0.1, 0.15) is 0 Å². The second kappa shape index (κ2) is 6.57. The van der Waals surface area contributed by atoms with Gasteiger partial charge in [0, 0.05) is 12.0 Å². The van der Waals surface area contributed by atoms with Crippen molar-refractivity contribution >= 4 is 10.0 Å². The Morgan fingerprint density at radius 3 is 2.31 bits per heavy atom. The van der Waals surface area contributed by atoms with E-state index < -0.39 is 15.4 Å². The van der Waals surface area contributed by atoms with Crippen LogP contribution >= 0.6 is 0 Å². The van der Waals surface area contributed by atoms with E-state index in [4.69, 9.17) is 9.88 Å². The van der Waals surface area contributed by atoms with Gasteiger partial charge in [0.2, 0.25) is 10.0 Å². The Balaban J connectivity index is 3.75. The van der Waals surface area contributed by atoms with E-state index in [1.54, 1.807) is 0 Å². The average molecular weight is 251 g/mol. The molecule has 0 saturated carbocycles. The van der Waals surface area contributed by atoms with Crippen molar-refractivity contribution in [2.45, 2.75) is 40.5 Å². The fourth-order valence-electron chi connectivity index (χ4n) is 1.53. The highest BCUT2D eigenvalue weighted by atomic mass is 32.2. The molecule has 0 spiro atoms. The second-order valence-corrected chi connectivity index (χ2v) is 7.17. The molecule has 0 saturated heterocycles. The maximum atomic E-state index is 10.9. The van der Waals surface area contributed by atoms with Crippen LogP contribution in [0.2, 0.25) is 0 Å². The normalized spacial score (nSPS) is 13.4. The lowest BCUT2D eigenvalue weighted by atomic mass is 9.98. The SMILES string of the molecule is CC(C)CCCOCC(C)(C)CS(N)(=O)=O. The van der Waals surface area contributed by atoms with Crippen molar-refractivity contribution in [3.8, 4) is 0 Å². The molecule has 0 aromatic heterocycles. The van der Waals surface area contributed by atoms with Crippen molar-refractivity contribution in [1.82, 2.24) is 0 Å². The lowest BCUT2D eigenvalue weighted by Crippen LogP contribution is -2.32. The Bertz CT molecular complexity index is 284. The first-order chi connectivity index (χ1) is 7.12. The number of ether oxygens (including phenoxy) is 1. The summed E-state index contributed by atoms with van der Waals surface area (Å²) in [5.74, 6) is 0.644. The van der Waals surface area contributed by atoms with Crippen LogP contribution in [-0.2, 0) is 14.8 Å². The van der Waals surface area contributed by atoms with Crippen LogP contribution in [0.4, 0.5) is 0 Å². The zero-order valence-electron chi connectivity index (χ0n) is 10.8. The average Bonchev–Trinajstić information content (AvgIpc) is 1.97. The van der Waals surface area contributed by atoms with E-state index in [1.807, 2.05) is 13.8 Å². The molecule has 0 aliphatic carbocycles. The highest BCUT2D eigenvalue weighted by Gasteiger charge is 2.24. The van der Waals surface area contributed by atoms with Gasteiger partial charge in [-0.05, 0) is 18.8 Å². The fraction of sp³-hybridized carbons (Fsp3) is 1.00. The van der Waals surface area contributed by atoms with E-state index in [0.29, 0.717) is 19.1 Å². The summed E-state index contributed by atoms with van der Waals surface area (Å²) in [7, 11) is -3.42. The van der Waals surface area contributed by atoms with Gasteiger partial charge >= 0.3 is 0 Å². The minimum Gasteiger partial charge on any atom is -0.381 e. The van der Waals surface area contributed by atoms with Gasteiger partial charge in [0.25, 0.3) is 0 Å². The van der Waals surface area contributed by atoms with Crippen LogP contribution in [0.3, 0.4) is 0 Å². The van der Waals surface area contributed by atoms with Gasteiger partial charge in [0.05, 0.1) is 12.4 Å². The monoisotopic (exact) mass is 251 g/mol. The molecule has 2 N–H and O–H groups in total. The summed E-state index contributed by atoms with van der Waals surface area (Å²) in [6.07, 6.45) is 2.15. The molecule has 0 fully saturated rings. The molecule has 0 bridgehead atoms. The van der Waals surface area contributed by atoms with Crippen LogP contribution in [0.1, 0.15) is 40.5 Å². The van der Waals surface area contributed by atoms with Crippen LogP contribution in [0.15, 0.2) is 0 Å². The first-order valence-corrected chi connectivity index (χ1v) is 7.42. The molecule has 0 rings (SSSR count). The van der Waals surface area contributed by atoms with Gasteiger partial charge in [-0.1, -0.05) is 27.7 Å². The van der Waals surface area contributed by atoms with Crippen molar-refractivity contribution in [3.63, 3.8) is 0 Å². The number of nitrogens with two attached hydrogens (primary N) is 1. The first kappa shape index (κ1) is 15.9. The summed E-state index contributed by atoms with van der Waals surface area (Å²) in [5.41, 5.74) is -0.411. The van der Waals surface area contributed by atoms with Crippen LogP contribution < -0.4 is 5.14 Å². The zero-order chi connectivity index (χ0) is 12.8. The third-order valence-corrected chi connectivity index (χ3v) is 3.34. The summed E-state index contributed by atoms with van der Waals surface area (Å²) >= 11 is 0. The quantitative estimate of drug-likeness (QED) is 0.668. The first-order valence-electron chi connectivity index (χ1n) is 5.71. The summed E-state index contributed by atoms with van der Waals surface area (Å²) in [6.45, 7) is 9.16. The largest absolute Gasteiger partial charge is 0.381 e. The molecular weight excluding hydrogens is 226 g/mol. The van der Waals surface area contributed by atoms with E-state index in [9.17, 15) is 8.42 Å². The Morgan fingerprint density at radius 1 is 1.31 bits per heavy atom. The molecule has 16 heavy (non-hydrogen) atoms. The predicted octanol–water partition coefficient (Wildman–Crippen LogP) is 1.75. The molecule has 0 aliphatic rings. The van der Waals surface area contributed by atoms with Crippen LogP contribution in [0.5, 0.6) is 0 Å². The summed E-state index contributed by atoms with van der Waals surface area (Å²) in [6, 6.07) is 0. The van der Waals surface area contributed by atoms with Crippen molar-refractivity contribution in [3.05, 3.63) is 0 Å². The molecule has 0 amide bonds. The summed E-state index contributed by atoms with van der Waals surface area (Å²) in [5, 5.41) is 5.01. The molecule has 98 valence electrons. The number of sulfonamides is 1. The highest BCUT2D eigenvalue weighted by Crippen LogP contribution is 2.17. The smallest absolute Gasteiger partial charge is 0.209 e. The second-order valence-electron chi connectivity index (χ2n) is 5.56. The van der Waals surface area contributed by atoms with Gasteiger partial charge in [0.15, 0.2) is 0 Å². The molecule has 0 aromatic carbocycles. The predicted molar refractivity (Wildman–Crippen MR) is 66.6 cm³/mol. The van der Waals surface area contributed by atoms with E-state index in [-0.39, 0.29) is 5.75 Å². The van der Waals surface area contributed by atoms with Crippen molar-refractivity contribution in [2.24, 2.45) is 16.5 Å². The maximum absolute atomic E-state index is 10.9. The lowest BCUT2D eigenvalue weighted by Gasteiger charge is -2.23. The third-order valence-electron chi connectivity index (χ3n) is 2.15. The van der Waals surface area contributed by atoms with Gasteiger partial charge in [-0.2, -0.15) is 0 Å². The number of rotatable bonds is 8. The molecule has 0 aliphatic heterocycles. The number of hydrogen-bond donors (Lipinski definition) is 1. The van der Waals surface area contributed by atoms with E-state index in [2.05, 4.69) is 13.8 Å². The minimum atomic E-state index is -3.42.